The van der Waals surface area contributed by atoms with E-state index in [1.165, 1.54) is 0 Å². The molecule has 3 nitrogen and oxygen atoms in total. The first-order valence-electron chi connectivity index (χ1n) is 7.78. The molecule has 0 saturated carbocycles. The second-order valence-electron chi connectivity index (χ2n) is 5.43. The number of hydrogen-bond donors (Lipinski definition) is 0. The molecule has 0 spiro atoms. The Kier molecular flexibility index (Phi) is 6.97. The van der Waals surface area contributed by atoms with Gasteiger partial charge in [0.1, 0.15) is 0 Å². The summed E-state index contributed by atoms with van der Waals surface area (Å²) in [5.41, 5.74) is 0.969. The number of esters is 1. The van der Waals surface area contributed by atoms with Crippen molar-refractivity contribution < 1.29 is 18.7 Å². The van der Waals surface area contributed by atoms with Crippen molar-refractivity contribution in [3.05, 3.63) is 69.7 Å². The molecule has 132 valence electrons. The van der Waals surface area contributed by atoms with Crippen molar-refractivity contribution in [1.82, 2.24) is 0 Å². The van der Waals surface area contributed by atoms with Crippen LogP contribution in [0.3, 0.4) is 0 Å². The number of alkyl halides is 1. The van der Waals surface area contributed by atoms with Gasteiger partial charge in [0.2, 0.25) is 0 Å². The molecule has 2 aromatic carbocycles. The number of hydrogen-bond acceptors (Lipinski definition) is 3. The smallest absolute Gasteiger partial charge is 0.340 e. The largest absolute Gasteiger partial charge is 0.464 e. The lowest BCUT2D eigenvalue weighted by atomic mass is 9.86. The Morgan fingerprint density at radius 2 is 1.52 bits per heavy atom. The summed E-state index contributed by atoms with van der Waals surface area (Å²) in [5, 5.41) is 0.998. The number of benzene rings is 2. The van der Waals surface area contributed by atoms with Crippen LogP contribution in [0.25, 0.3) is 0 Å². The van der Waals surface area contributed by atoms with E-state index < -0.39 is 18.1 Å². The molecular weight excluding hydrogens is 366 g/mol. The molecule has 0 aliphatic rings. The van der Waals surface area contributed by atoms with E-state index in [2.05, 4.69) is 0 Å². The van der Waals surface area contributed by atoms with E-state index in [4.69, 9.17) is 27.9 Å². The van der Waals surface area contributed by atoms with Crippen LogP contribution in [0, 0.1) is 0 Å². The second kappa shape index (κ2) is 8.97. The van der Waals surface area contributed by atoms with Gasteiger partial charge in [0, 0.05) is 22.0 Å². The maximum atomic E-state index is 14.3. The highest BCUT2D eigenvalue weighted by molar-refractivity contribution is 6.31. The van der Waals surface area contributed by atoms with Crippen LogP contribution in [0.4, 0.5) is 4.39 Å². The fraction of sp³-hybridized carbons (Fsp3) is 0.263. The average molecular weight is 383 g/mol. The van der Waals surface area contributed by atoms with E-state index in [-0.39, 0.29) is 18.8 Å². The molecule has 0 aliphatic carbocycles. The zero-order valence-corrected chi connectivity index (χ0v) is 15.1. The first-order chi connectivity index (χ1) is 11.9. The third kappa shape index (κ3) is 5.28. The van der Waals surface area contributed by atoms with E-state index in [0.29, 0.717) is 21.2 Å². The lowest BCUT2D eigenvalue weighted by Gasteiger charge is -2.18. The standard InChI is InChI=1S/C19H17Cl2FO3/c1-2-25-19(24)17(22)11-16(12-3-7-14(20)8-4-12)18(23)13-5-9-15(21)10-6-13/h3-10,16-17H,2,11H2,1H3. The van der Waals surface area contributed by atoms with Crippen LogP contribution in [-0.4, -0.2) is 24.5 Å². The molecule has 0 radical (unpaired) electrons. The Labute approximate surface area is 155 Å². The summed E-state index contributed by atoms with van der Waals surface area (Å²) >= 11 is 11.7. The van der Waals surface area contributed by atoms with Gasteiger partial charge in [-0.05, 0) is 48.9 Å². The lowest BCUT2D eigenvalue weighted by Crippen LogP contribution is -2.25. The third-order valence-corrected chi connectivity index (χ3v) is 4.21. The van der Waals surface area contributed by atoms with Crippen LogP contribution in [0.5, 0.6) is 0 Å². The maximum absolute atomic E-state index is 14.3. The number of ketones is 1. The summed E-state index contributed by atoms with van der Waals surface area (Å²) in [6.45, 7) is 1.68. The average Bonchev–Trinajstić information content (AvgIpc) is 2.60. The Hall–Kier alpha value is -1.91. The normalized spacial score (nSPS) is 13.1. The predicted molar refractivity (Wildman–Crippen MR) is 96.1 cm³/mol. The fourth-order valence-electron chi connectivity index (χ4n) is 2.44. The van der Waals surface area contributed by atoms with Crippen molar-refractivity contribution in [1.29, 1.82) is 0 Å². The lowest BCUT2D eigenvalue weighted by molar-refractivity contribution is -0.149. The minimum absolute atomic E-state index is 0.0794. The van der Waals surface area contributed by atoms with Gasteiger partial charge in [-0.15, -0.1) is 0 Å². The van der Waals surface area contributed by atoms with E-state index in [1.807, 2.05) is 0 Å². The quantitative estimate of drug-likeness (QED) is 0.485. The zero-order chi connectivity index (χ0) is 18.4. The molecule has 0 saturated heterocycles. The van der Waals surface area contributed by atoms with Crippen LogP contribution in [0.2, 0.25) is 10.0 Å². The summed E-state index contributed by atoms with van der Waals surface area (Å²) in [5.74, 6) is -2.10. The Balaban J connectivity index is 2.31. The summed E-state index contributed by atoms with van der Waals surface area (Å²) in [6.07, 6.45) is -2.20. The highest BCUT2D eigenvalue weighted by atomic mass is 35.5. The van der Waals surface area contributed by atoms with Gasteiger partial charge in [-0.1, -0.05) is 35.3 Å². The highest BCUT2D eigenvalue weighted by Gasteiger charge is 2.30. The van der Waals surface area contributed by atoms with Gasteiger partial charge in [-0.2, -0.15) is 0 Å². The molecular formula is C19H17Cl2FO3. The van der Waals surface area contributed by atoms with Crippen molar-refractivity contribution in [3.8, 4) is 0 Å². The molecule has 0 aromatic heterocycles. The van der Waals surface area contributed by atoms with Crippen molar-refractivity contribution in [2.24, 2.45) is 0 Å². The molecule has 0 aliphatic heterocycles. The zero-order valence-electron chi connectivity index (χ0n) is 13.5. The van der Waals surface area contributed by atoms with Crippen molar-refractivity contribution >= 4 is 35.0 Å². The molecule has 2 unspecified atom stereocenters. The number of carbonyl (C=O) groups excluding carboxylic acids is 2. The number of rotatable bonds is 7. The van der Waals surface area contributed by atoms with Crippen LogP contribution in [0.15, 0.2) is 48.5 Å². The summed E-state index contributed by atoms with van der Waals surface area (Å²) in [7, 11) is 0. The number of Topliss-reactive ketones (excluding diaryl/α,β-unsaturated/α-hetero) is 1. The van der Waals surface area contributed by atoms with Crippen LogP contribution < -0.4 is 0 Å². The molecule has 0 N–H and O–H groups in total. The van der Waals surface area contributed by atoms with Crippen molar-refractivity contribution in [2.45, 2.75) is 25.4 Å². The summed E-state index contributed by atoms with van der Waals surface area (Å²) in [4.78, 5) is 24.5. The molecule has 2 rings (SSSR count). The topological polar surface area (TPSA) is 43.4 Å². The molecule has 25 heavy (non-hydrogen) atoms. The summed E-state index contributed by atoms with van der Waals surface area (Å²) in [6, 6.07) is 12.9. The van der Waals surface area contributed by atoms with Gasteiger partial charge >= 0.3 is 5.97 Å². The Morgan fingerprint density at radius 1 is 1.00 bits per heavy atom. The van der Waals surface area contributed by atoms with Gasteiger partial charge in [-0.3, -0.25) is 4.79 Å². The third-order valence-electron chi connectivity index (χ3n) is 3.70. The summed E-state index contributed by atoms with van der Waals surface area (Å²) < 4.78 is 19.0. The van der Waals surface area contributed by atoms with Crippen LogP contribution in [-0.2, 0) is 9.53 Å². The van der Waals surface area contributed by atoms with E-state index in [1.54, 1.807) is 55.5 Å². The monoisotopic (exact) mass is 382 g/mol. The molecule has 0 bridgehead atoms. The van der Waals surface area contributed by atoms with Gasteiger partial charge in [0.15, 0.2) is 12.0 Å². The Morgan fingerprint density at radius 3 is 2.04 bits per heavy atom. The SMILES string of the molecule is CCOC(=O)C(F)CC(C(=O)c1ccc(Cl)cc1)c1ccc(Cl)cc1. The molecule has 6 heteroatoms. The predicted octanol–water partition coefficient (Wildman–Crippen LogP) is 5.25. The number of carbonyl (C=O) groups is 2. The van der Waals surface area contributed by atoms with Gasteiger partial charge in [-0.25, -0.2) is 9.18 Å². The maximum Gasteiger partial charge on any atom is 0.340 e. The van der Waals surface area contributed by atoms with Crippen molar-refractivity contribution in [2.75, 3.05) is 6.61 Å². The van der Waals surface area contributed by atoms with Gasteiger partial charge in [0.05, 0.1) is 12.5 Å². The van der Waals surface area contributed by atoms with Crippen molar-refractivity contribution in [3.63, 3.8) is 0 Å². The van der Waals surface area contributed by atoms with Gasteiger partial charge in [0.25, 0.3) is 0 Å². The van der Waals surface area contributed by atoms with E-state index in [0.717, 1.165) is 0 Å². The molecule has 0 heterocycles. The highest BCUT2D eigenvalue weighted by Crippen LogP contribution is 2.29. The number of halogens is 3. The van der Waals surface area contributed by atoms with Crippen LogP contribution in [0.1, 0.15) is 35.2 Å². The molecule has 2 atom stereocenters. The molecule has 0 fully saturated rings. The van der Waals surface area contributed by atoms with E-state index >= 15 is 0 Å². The number of ether oxygens (including phenoxy) is 1. The Bertz CT molecular complexity index is 729. The second-order valence-corrected chi connectivity index (χ2v) is 6.30. The fourth-order valence-corrected chi connectivity index (χ4v) is 2.69. The minimum Gasteiger partial charge on any atom is -0.464 e. The van der Waals surface area contributed by atoms with Gasteiger partial charge < -0.3 is 4.74 Å². The molecule has 0 amide bonds. The minimum atomic E-state index is -1.89. The van der Waals surface area contributed by atoms with E-state index in [9.17, 15) is 14.0 Å². The first kappa shape index (κ1) is 19.4. The molecule has 2 aromatic rings. The van der Waals surface area contributed by atoms with Crippen LogP contribution >= 0.6 is 23.2 Å². The first-order valence-corrected chi connectivity index (χ1v) is 8.54.